The Balaban J connectivity index is 3.52. The van der Waals surface area contributed by atoms with Crippen molar-refractivity contribution >= 4 is 15.8 Å². The lowest BCUT2D eigenvalue weighted by Gasteiger charge is -2.20. The minimum atomic E-state index is -6.11. The summed E-state index contributed by atoms with van der Waals surface area (Å²) in [6.45, 7) is 0. The number of nitrogens with zero attached hydrogens (tertiary/aromatic N) is 1. The number of Topliss-reactive ketones (excluding diaryl/α,β-unsaturated/α-hetero) is 1. The highest BCUT2D eigenvalue weighted by Crippen LogP contribution is 2.39. The van der Waals surface area contributed by atoms with Crippen molar-refractivity contribution in [3.05, 3.63) is 29.8 Å². The largest absolute Gasteiger partial charge is 0.461 e. The molecule has 118 valence electrons. The lowest BCUT2D eigenvalue weighted by Crippen LogP contribution is -2.44. The van der Waals surface area contributed by atoms with Crippen molar-refractivity contribution in [2.45, 2.75) is 17.0 Å². The highest BCUT2D eigenvalue weighted by Gasteiger charge is 2.63. The van der Waals surface area contributed by atoms with Crippen LogP contribution in [0.4, 0.5) is 22.0 Å². The van der Waals surface area contributed by atoms with Gasteiger partial charge >= 0.3 is 12.1 Å². The normalized spacial score (nSPS) is 13.5. The van der Waals surface area contributed by atoms with E-state index < -0.39 is 38.4 Å². The number of alkyl halides is 5. The molecule has 0 fully saturated rings. The molecular weight excluding hydrogens is 321 g/mol. The Bertz CT molecular complexity index is 652. The maximum Gasteiger partial charge on any atom is 0.461 e. The van der Waals surface area contributed by atoms with Crippen LogP contribution in [0, 0.1) is 0 Å². The SMILES string of the molecule is CN(C)S(=O)(=O)c1ccccc1C(=O)C(F)(F)C(F)(F)F. The van der Waals surface area contributed by atoms with E-state index in [-0.39, 0.29) is 0 Å². The molecule has 0 aliphatic heterocycles. The van der Waals surface area contributed by atoms with Crippen molar-refractivity contribution in [1.29, 1.82) is 0 Å². The van der Waals surface area contributed by atoms with Crippen molar-refractivity contribution in [2.24, 2.45) is 0 Å². The highest BCUT2D eigenvalue weighted by atomic mass is 32.2. The molecule has 0 saturated heterocycles. The summed E-state index contributed by atoms with van der Waals surface area (Å²) >= 11 is 0. The predicted molar refractivity (Wildman–Crippen MR) is 62.6 cm³/mol. The summed E-state index contributed by atoms with van der Waals surface area (Å²) in [5.74, 6) is -8.29. The Morgan fingerprint density at radius 3 is 1.95 bits per heavy atom. The molecule has 1 aromatic carbocycles. The van der Waals surface area contributed by atoms with E-state index in [2.05, 4.69) is 0 Å². The Labute approximate surface area is 117 Å². The molecule has 1 rings (SSSR count). The number of halogens is 5. The number of hydrogen-bond donors (Lipinski definition) is 0. The van der Waals surface area contributed by atoms with Gasteiger partial charge in [0.25, 0.3) is 0 Å². The summed E-state index contributed by atoms with van der Waals surface area (Å²) in [4.78, 5) is 10.5. The first kappa shape index (κ1) is 17.5. The first-order valence-corrected chi connectivity index (χ1v) is 6.78. The van der Waals surface area contributed by atoms with Crippen molar-refractivity contribution in [3.63, 3.8) is 0 Å². The van der Waals surface area contributed by atoms with E-state index in [1.54, 1.807) is 0 Å². The molecule has 0 radical (unpaired) electrons. The third-order valence-electron chi connectivity index (χ3n) is 2.53. The van der Waals surface area contributed by atoms with E-state index in [1.807, 2.05) is 0 Å². The van der Waals surface area contributed by atoms with Crippen LogP contribution in [-0.2, 0) is 10.0 Å². The molecule has 1 aromatic rings. The van der Waals surface area contributed by atoms with Crippen molar-refractivity contribution in [1.82, 2.24) is 4.31 Å². The van der Waals surface area contributed by atoms with E-state index in [0.717, 1.165) is 32.3 Å². The van der Waals surface area contributed by atoms with Crippen LogP contribution in [0.1, 0.15) is 10.4 Å². The number of carbonyl (C=O) groups excluding carboxylic acids is 1. The summed E-state index contributed by atoms with van der Waals surface area (Å²) in [6.07, 6.45) is -6.11. The van der Waals surface area contributed by atoms with Gasteiger partial charge < -0.3 is 0 Å². The zero-order chi connectivity index (χ0) is 16.6. The summed E-state index contributed by atoms with van der Waals surface area (Å²) in [6, 6.07) is 3.50. The first-order valence-electron chi connectivity index (χ1n) is 5.34. The molecule has 0 aromatic heterocycles. The molecule has 0 atom stereocenters. The summed E-state index contributed by atoms with van der Waals surface area (Å²) in [5, 5.41) is 0. The van der Waals surface area contributed by atoms with Crippen molar-refractivity contribution in [3.8, 4) is 0 Å². The number of rotatable bonds is 4. The molecule has 0 spiro atoms. The van der Waals surface area contributed by atoms with E-state index in [9.17, 15) is 35.2 Å². The lowest BCUT2D eigenvalue weighted by atomic mass is 10.1. The third-order valence-corrected chi connectivity index (χ3v) is 4.40. The van der Waals surface area contributed by atoms with Gasteiger partial charge in [-0.15, -0.1) is 0 Å². The Kier molecular flexibility index (Phi) is 4.45. The highest BCUT2D eigenvalue weighted by molar-refractivity contribution is 7.89. The Hall–Kier alpha value is -1.55. The molecule has 0 aliphatic carbocycles. The molecule has 0 saturated carbocycles. The summed E-state index contributed by atoms with van der Waals surface area (Å²) in [7, 11) is -2.24. The smallest absolute Gasteiger partial charge is 0.287 e. The Morgan fingerprint density at radius 2 is 1.52 bits per heavy atom. The molecular formula is C11H10F5NO3S. The zero-order valence-electron chi connectivity index (χ0n) is 10.8. The van der Waals surface area contributed by atoms with Crippen LogP contribution in [0.3, 0.4) is 0 Å². The lowest BCUT2D eigenvalue weighted by molar-refractivity contribution is -0.255. The summed E-state index contributed by atoms with van der Waals surface area (Å²) < 4.78 is 87.2. The number of sulfonamides is 1. The summed E-state index contributed by atoms with van der Waals surface area (Å²) in [5.41, 5.74) is -1.21. The monoisotopic (exact) mass is 331 g/mol. The van der Waals surface area contributed by atoms with Gasteiger partial charge in [0.2, 0.25) is 15.8 Å². The Morgan fingerprint density at radius 1 is 1.05 bits per heavy atom. The average molecular weight is 331 g/mol. The van der Waals surface area contributed by atoms with Gasteiger partial charge in [-0.25, -0.2) is 12.7 Å². The van der Waals surface area contributed by atoms with Gasteiger partial charge in [0, 0.05) is 19.7 Å². The molecule has 10 heteroatoms. The fourth-order valence-corrected chi connectivity index (χ4v) is 2.46. The minimum Gasteiger partial charge on any atom is -0.287 e. The van der Waals surface area contributed by atoms with Crippen LogP contribution in [0.2, 0.25) is 0 Å². The average Bonchev–Trinajstić information content (AvgIpc) is 2.36. The standard InChI is InChI=1S/C11H10F5NO3S/c1-17(2)21(19,20)8-6-4-3-5-7(8)9(18)10(12,13)11(14,15)16/h3-6H,1-2H3. The molecule has 0 amide bonds. The second kappa shape index (κ2) is 5.34. The van der Waals surface area contributed by atoms with Crippen molar-refractivity contribution < 1.29 is 35.2 Å². The van der Waals surface area contributed by atoms with Crippen LogP contribution >= 0.6 is 0 Å². The van der Waals surface area contributed by atoms with Gasteiger partial charge in [-0.2, -0.15) is 22.0 Å². The third kappa shape index (κ3) is 3.05. The van der Waals surface area contributed by atoms with Crippen molar-refractivity contribution in [2.75, 3.05) is 14.1 Å². The molecule has 0 unspecified atom stereocenters. The molecule has 0 bridgehead atoms. The number of ketones is 1. The number of hydrogen-bond acceptors (Lipinski definition) is 3. The quantitative estimate of drug-likeness (QED) is 0.628. The van der Waals surface area contributed by atoms with Crippen LogP contribution in [0.5, 0.6) is 0 Å². The first-order chi connectivity index (χ1) is 9.33. The van der Waals surface area contributed by atoms with Gasteiger partial charge in [0.05, 0.1) is 4.90 Å². The van der Waals surface area contributed by atoms with Gasteiger partial charge in [-0.05, 0) is 12.1 Å². The van der Waals surface area contributed by atoms with Gasteiger partial charge in [0.1, 0.15) is 0 Å². The molecule has 0 heterocycles. The topological polar surface area (TPSA) is 54.5 Å². The van der Waals surface area contributed by atoms with E-state index in [0.29, 0.717) is 10.4 Å². The van der Waals surface area contributed by atoms with E-state index in [4.69, 9.17) is 0 Å². The van der Waals surface area contributed by atoms with Crippen LogP contribution < -0.4 is 0 Å². The fourth-order valence-electron chi connectivity index (χ4n) is 1.37. The van der Waals surface area contributed by atoms with E-state index >= 15 is 0 Å². The van der Waals surface area contributed by atoms with Crippen LogP contribution in [-0.4, -0.2) is 44.7 Å². The second-order valence-corrected chi connectivity index (χ2v) is 6.31. The van der Waals surface area contributed by atoms with E-state index in [1.165, 1.54) is 0 Å². The maximum absolute atomic E-state index is 13.1. The number of carbonyl (C=O) groups is 1. The second-order valence-electron chi connectivity index (χ2n) is 4.18. The van der Waals surface area contributed by atoms with Gasteiger partial charge in [-0.1, -0.05) is 12.1 Å². The number of benzene rings is 1. The molecule has 4 nitrogen and oxygen atoms in total. The predicted octanol–water partition coefficient (Wildman–Crippen LogP) is 2.32. The minimum absolute atomic E-state index is 0.602. The van der Waals surface area contributed by atoms with Crippen LogP contribution in [0.25, 0.3) is 0 Å². The van der Waals surface area contributed by atoms with Gasteiger partial charge in [0.15, 0.2) is 0 Å². The molecule has 0 aliphatic rings. The van der Waals surface area contributed by atoms with Gasteiger partial charge in [-0.3, -0.25) is 4.79 Å². The maximum atomic E-state index is 13.1. The molecule has 0 N–H and O–H groups in total. The molecule has 21 heavy (non-hydrogen) atoms. The van der Waals surface area contributed by atoms with Crippen LogP contribution in [0.15, 0.2) is 29.2 Å². The zero-order valence-corrected chi connectivity index (χ0v) is 11.6. The fraction of sp³-hybridized carbons (Fsp3) is 0.364.